The smallest absolute Gasteiger partial charge is 0.345 e. The van der Waals surface area contributed by atoms with Gasteiger partial charge in [-0.05, 0) is 55.5 Å². The lowest BCUT2D eigenvalue weighted by atomic mass is 9.51. The first-order chi connectivity index (χ1) is 18.2. The lowest BCUT2D eigenvalue weighted by Crippen LogP contribution is -2.62. The van der Waals surface area contributed by atoms with Crippen LogP contribution in [-0.2, 0) is 30.5 Å². The Morgan fingerprint density at radius 1 is 1.00 bits per heavy atom. The van der Waals surface area contributed by atoms with E-state index in [1.54, 1.807) is 12.1 Å². The maximum atomic E-state index is 13.4. The van der Waals surface area contributed by atoms with E-state index in [0.29, 0.717) is 30.8 Å². The zero-order valence-corrected chi connectivity index (χ0v) is 21.3. The minimum absolute atomic E-state index is 0.00331. The maximum absolute atomic E-state index is 13.4. The van der Waals surface area contributed by atoms with Crippen molar-refractivity contribution in [1.29, 1.82) is 0 Å². The molecule has 2 aliphatic rings. The van der Waals surface area contributed by atoms with E-state index in [1.807, 2.05) is 49.4 Å². The van der Waals surface area contributed by atoms with Crippen LogP contribution in [0.1, 0.15) is 51.0 Å². The molecular weight excluding hydrogens is 490 g/mol. The van der Waals surface area contributed by atoms with Crippen molar-refractivity contribution in [3.05, 3.63) is 60.2 Å². The van der Waals surface area contributed by atoms with Gasteiger partial charge < -0.3 is 25.0 Å². The number of rotatable bonds is 12. The van der Waals surface area contributed by atoms with E-state index in [1.165, 1.54) is 0 Å². The minimum Gasteiger partial charge on any atom is -0.481 e. The van der Waals surface area contributed by atoms with E-state index in [0.717, 1.165) is 12.0 Å². The van der Waals surface area contributed by atoms with Crippen molar-refractivity contribution < 1.29 is 38.9 Å². The Morgan fingerprint density at radius 3 is 2.21 bits per heavy atom. The van der Waals surface area contributed by atoms with Crippen molar-refractivity contribution in [1.82, 2.24) is 5.32 Å². The van der Waals surface area contributed by atoms with Gasteiger partial charge in [-0.1, -0.05) is 50.1 Å². The third kappa shape index (κ3) is 5.66. The zero-order valence-electron chi connectivity index (χ0n) is 21.3. The van der Waals surface area contributed by atoms with E-state index >= 15 is 0 Å². The Kier molecular flexibility index (Phi) is 8.34. The highest BCUT2D eigenvalue weighted by molar-refractivity contribution is 5.95. The maximum Gasteiger partial charge on any atom is 0.345 e. The topological polar surface area (TPSA) is 139 Å². The predicted octanol–water partition coefficient (Wildman–Crippen LogP) is 4.40. The number of carboxylic acids is 2. The number of ether oxygens (including phenoxy) is 2. The molecule has 2 aliphatic carbocycles. The number of carbonyl (C=O) groups excluding carboxylic acids is 2. The number of amides is 1. The van der Waals surface area contributed by atoms with Crippen LogP contribution < -0.4 is 10.1 Å². The number of carbonyl (C=O) groups is 4. The highest BCUT2D eigenvalue weighted by atomic mass is 16.6. The van der Waals surface area contributed by atoms with Crippen LogP contribution in [0.5, 0.6) is 11.5 Å². The molecule has 4 atom stereocenters. The molecule has 0 aliphatic heterocycles. The van der Waals surface area contributed by atoms with Gasteiger partial charge in [-0.25, -0.2) is 4.79 Å². The van der Waals surface area contributed by atoms with Gasteiger partial charge in [0, 0.05) is 12.5 Å². The Balaban J connectivity index is 1.40. The van der Waals surface area contributed by atoms with Gasteiger partial charge >= 0.3 is 17.9 Å². The summed E-state index contributed by atoms with van der Waals surface area (Å²) < 4.78 is 11.1. The molecule has 1 amide bonds. The lowest BCUT2D eigenvalue weighted by Gasteiger charge is -2.50. The van der Waals surface area contributed by atoms with Gasteiger partial charge in [0.1, 0.15) is 11.5 Å². The largest absolute Gasteiger partial charge is 0.481 e. The SMILES string of the molecule is CCCC1(C(=O)NCc2ccc(Oc3ccccc3)cc2)CC(C(=O)OC(C(=O)O)C2CCC2)C1C(=O)O. The van der Waals surface area contributed by atoms with Crippen molar-refractivity contribution in [2.45, 2.75) is 58.1 Å². The zero-order chi connectivity index (χ0) is 27.3. The van der Waals surface area contributed by atoms with Gasteiger partial charge in [-0.2, -0.15) is 0 Å². The van der Waals surface area contributed by atoms with Crippen LogP contribution in [0, 0.1) is 23.2 Å². The Hall–Kier alpha value is -3.88. The fourth-order valence-electron chi connectivity index (χ4n) is 5.50. The van der Waals surface area contributed by atoms with Crippen molar-refractivity contribution in [2.75, 3.05) is 0 Å². The average Bonchev–Trinajstić information content (AvgIpc) is 2.84. The third-order valence-electron chi connectivity index (χ3n) is 7.72. The van der Waals surface area contributed by atoms with Crippen LogP contribution in [0.15, 0.2) is 54.6 Å². The van der Waals surface area contributed by atoms with Crippen molar-refractivity contribution in [3.8, 4) is 11.5 Å². The number of para-hydroxylation sites is 1. The van der Waals surface area contributed by atoms with E-state index < -0.39 is 47.2 Å². The first-order valence-corrected chi connectivity index (χ1v) is 13.0. The van der Waals surface area contributed by atoms with Gasteiger partial charge in [-0.3, -0.25) is 14.4 Å². The van der Waals surface area contributed by atoms with Crippen molar-refractivity contribution in [3.63, 3.8) is 0 Å². The third-order valence-corrected chi connectivity index (χ3v) is 7.72. The van der Waals surface area contributed by atoms with Crippen LogP contribution in [0.4, 0.5) is 0 Å². The molecule has 0 heterocycles. The molecule has 202 valence electrons. The van der Waals surface area contributed by atoms with E-state index in [2.05, 4.69) is 5.32 Å². The molecular formula is C29H33NO8. The first-order valence-electron chi connectivity index (χ1n) is 13.0. The molecule has 0 bridgehead atoms. The molecule has 0 aromatic heterocycles. The van der Waals surface area contributed by atoms with Crippen LogP contribution in [-0.4, -0.2) is 40.1 Å². The summed E-state index contributed by atoms with van der Waals surface area (Å²) >= 11 is 0. The molecule has 4 unspecified atom stereocenters. The van der Waals surface area contributed by atoms with Gasteiger partial charge in [-0.15, -0.1) is 0 Å². The molecule has 4 rings (SSSR count). The summed E-state index contributed by atoms with van der Waals surface area (Å²) in [5, 5.41) is 22.3. The molecule has 2 aromatic carbocycles. The number of carboxylic acid groups (broad SMARTS) is 2. The van der Waals surface area contributed by atoms with Gasteiger partial charge in [0.15, 0.2) is 0 Å². The summed E-state index contributed by atoms with van der Waals surface area (Å²) in [4.78, 5) is 50.1. The molecule has 9 nitrogen and oxygen atoms in total. The van der Waals surface area contributed by atoms with Crippen LogP contribution in [0.2, 0.25) is 0 Å². The monoisotopic (exact) mass is 523 g/mol. The normalized spacial score (nSPS) is 23.3. The summed E-state index contributed by atoms with van der Waals surface area (Å²) in [6.45, 7) is 2.03. The number of hydrogen-bond acceptors (Lipinski definition) is 6. The highest BCUT2D eigenvalue weighted by Crippen LogP contribution is 2.55. The summed E-state index contributed by atoms with van der Waals surface area (Å²) in [5.41, 5.74) is -0.465. The molecule has 2 saturated carbocycles. The Labute approximate surface area is 221 Å². The molecule has 0 radical (unpaired) electrons. The highest BCUT2D eigenvalue weighted by Gasteiger charge is 2.64. The summed E-state index contributed by atoms with van der Waals surface area (Å²) in [5.74, 6) is -5.05. The summed E-state index contributed by atoms with van der Waals surface area (Å²) in [6.07, 6.45) is 1.73. The molecule has 2 fully saturated rings. The molecule has 0 saturated heterocycles. The van der Waals surface area contributed by atoms with Gasteiger partial charge in [0.25, 0.3) is 0 Å². The Bertz CT molecular complexity index is 1160. The van der Waals surface area contributed by atoms with E-state index in [4.69, 9.17) is 9.47 Å². The fourth-order valence-corrected chi connectivity index (χ4v) is 5.50. The average molecular weight is 524 g/mol. The second-order valence-corrected chi connectivity index (χ2v) is 10.2. The van der Waals surface area contributed by atoms with Crippen LogP contribution >= 0.6 is 0 Å². The van der Waals surface area contributed by atoms with E-state index in [9.17, 15) is 29.4 Å². The molecule has 2 aromatic rings. The van der Waals surface area contributed by atoms with Crippen molar-refractivity contribution >= 4 is 23.8 Å². The lowest BCUT2D eigenvalue weighted by molar-refractivity contribution is -0.193. The molecule has 3 N–H and O–H groups in total. The predicted molar refractivity (Wildman–Crippen MR) is 136 cm³/mol. The van der Waals surface area contributed by atoms with Crippen molar-refractivity contribution in [2.24, 2.45) is 23.2 Å². The minimum atomic E-state index is -1.28. The van der Waals surface area contributed by atoms with Crippen LogP contribution in [0.25, 0.3) is 0 Å². The van der Waals surface area contributed by atoms with Crippen LogP contribution in [0.3, 0.4) is 0 Å². The summed E-state index contributed by atoms with van der Waals surface area (Å²) in [6, 6.07) is 16.5. The second kappa shape index (κ2) is 11.7. The quantitative estimate of drug-likeness (QED) is 0.348. The van der Waals surface area contributed by atoms with Gasteiger partial charge in [0.05, 0.1) is 17.3 Å². The first kappa shape index (κ1) is 27.2. The fraction of sp³-hybridized carbons (Fsp3) is 0.448. The molecule has 0 spiro atoms. The second-order valence-electron chi connectivity index (χ2n) is 10.2. The summed E-state index contributed by atoms with van der Waals surface area (Å²) in [7, 11) is 0. The molecule has 38 heavy (non-hydrogen) atoms. The van der Waals surface area contributed by atoms with Gasteiger partial charge in [0.2, 0.25) is 12.0 Å². The number of esters is 1. The number of nitrogens with one attached hydrogen (secondary N) is 1. The Morgan fingerprint density at radius 2 is 1.66 bits per heavy atom. The standard InChI is InChI=1S/C29H33NO8/c1-2-15-29(16-22(23(29)25(31)32)27(35)38-24(26(33)34)19-7-6-8-19)28(36)30-17-18-11-13-21(14-12-18)37-20-9-4-3-5-10-20/h3-5,9-14,19,22-24H,2,6-8,15-17H2,1H3,(H,30,36)(H,31,32)(H,33,34). The number of hydrogen-bond donors (Lipinski definition) is 3. The molecule has 9 heteroatoms. The number of benzene rings is 2. The van der Waals surface area contributed by atoms with E-state index in [-0.39, 0.29) is 25.3 Å². The number of aliphatic carboxylic acids is 2.